The Morgan fingerprint density at radius 2 is 1.60 bits per heavy atom. The number of carbonyl (C=O) groups is 2. The highest BCUT2D eigenvalue weighted by molar-refractivity contribution is 5.79. The van der Waals surface area contributed by atoms with Gasteiger partial charge in [0.2, 0.25) is 5.91 Å². The van der Waals surface area contributed by atoms with E-state index < -0.39 is 5.97 Å². The lowest BCUT2D eigenvalue weighted by atomic mass is 9.81. The SMILES string of the molecule is CN(CC1CCOCC1)C(=O)C1CCC(C(=O)O)CC1. The van der Waals surface area contributed by atoms with Gasteiger partial charge in [0.15, 0.2) is 0 Å². The summed E-state index contributed by atoms with van der Waals surface area (Å²) in [4.78, 5) is 25.2. The van der Waals surface area contributed by atoms with Gasteiger partial charge in [-0.1, -0.05) is 0 Å². The fourth-order valence-electron chi connectivity index (χ4n) is 3.31. The second-order valence-electron chi connectivity index (χ2n) is 6.16. The van der Waals surface area contributed by atoms with Crippen LogP contribution >= 0.6 is 0 Å². The summed E-state index contributed by atoms with van der Waals surface area (Å²) in [7, 11) is 1.88. The van der Waals surface area contributed by atoms with Crippen LogP contribution in [0.25, 0.3) is 0 Å². The maximum absolute atomic E-state index is 12.4. The molecule has 1 saturated carbocycles. The first-order valence-electron chi connectivity index (χ1n) is 7.63. The molecule has 1 saturated heterocycles. The van der Waals surface area contributed by atoms with Crippen molar-refractivity contribution >= 4 is 11.9 Å². The number of aliphatic carboxylic acids is 1. The molecule has 2 aliphatic rings. The van der Waals surface area contributed by atoms with Crippen molar-refractivity contribution in [2.45, 2.75) is 38.5 Å². The minimum Gasteiger partial charge on any atom is -0.481 e. The maximum atomic E-state index is 12.4. The zero-order chi connectivity index (χ0) is 14.5. The lowest BCUT2D eigenvalue weighted by Gasteiger charge is -2.32. The van der Waals surface area contributed by atoms with Crippen molar-refractivity contribution in [3.63, 3.8) is 0 Å². The summed E-state index contributed by atoms with van der Waals surface area (Å²) >= 11 is 0. The number of hydrogen-bond donors (Lipinski definition) is 1. The van der Waals surface area contributed by atoms with E-state index in [1.54, 1.807) is 0 Å². The molecule has 1 N–H and O–H groups in total. The van der Waals surface area contributed by atoms with Crippen molar-refractivity contribution in [2.24, 2.45) is 17.8 Å². The van der Waals surface area contributed by atoms with Gasteiger partial charge in [0, 0.05) is 32.7 Å². The molecule has 0 spiro atoms. The fraction of sp³-hybridized carbons (Fsp3) is 0.867. The van der Waals surface area contributed by atoms with Crippen molar-refractivity contribution in [1.29, 1.82) is 0 Å². The third-order valence-electron chi connectivity index (χ3n) is 4.67. The van der Waals surface area contributed by atoms with E-state index in [1.165, 1.54) is 0 Å². The van der Waals surface area contributed by atoms with E-state index in [0.29, 0.717) is 31.6 Å². The van der Waals surface area contributed by atoms with Crippen molar-refractivity contribution < 1.29 is 19.4 Å². The van der Waals surface area contributed by atoms with Crippen molar-refractivity contribution in [2.75, 3.05) is 26.8 Å². The molecule has 0 atom stereocenters. The molecule has 0 aromatic carbocycles. The molecule has 1 aliphatic carbocycles. The van der Waals surface area contributed by atoms with Crippen LogP contribution in [0, 0.1) is 17.8 Å². The van der Waals surface area contributed by atoms with Crippen molar-refractivity contribution in [3.05, 3.63) is 0 Å². The molecule has 114 valence electrons. The molecule has 1 amide bonds. The van der Waals surface area contributed by atoms with Gasteiger partial charge in [0.25, 0.3) is 0 Å². The molecule has 1 heterocycles. The standard InChI is InChI=1S/C15H25NO4/c1-16(10-11-6-8-20-9-7-11)14(17)12-2-4-13(5-3-12)15(18)19/h11-13H,2-10H2,1H3,(H,18,19). The third kappa shape index (κ3) is 3.95. The van der Waals surface area contributed by atoms with Gasteiger partial charge in [0.05, 0.1) is 5.92 Å². The van der Waals surface area contributed by atoms with E-state index in [0.717, 1.165) is 32.6 Å². The molecule has 0 bridgehead atoms. The van der Waals surface area contributed by atoms with Crippen molar-refractivity contribution in [1.82, 2.24) is 4.90 Å². The molecule has 1 aliphatic heterocycles. The summed E-state index contributed by atoms with van der Waals surface area (Å²) in [6.45, 7) is 2.41. The minimum atomic E-state index is -0.716. The summed E-state index contributed by atoms with van der Waals surface area (Å²) in [6, 6.07) is 0. The van der Waals surface area contributed by atoms with E-state index >= 15 is 0 Å². The van der Waals surface area contributed by atoms with E-state index in [-0.39, 0.29) is 17.7 Å². The molecule has 0 aromatic rings. The number of ether oxygens (including phenoxy) is 1. The van der Waals surface area contributed by atoms with Crippen LogP contribution in [0.5, 0.6) is 0 Å². The molecular formula is C15H25NO4. The van der Waals surface area contributed by atoms with Crippen LogP contribution in [-0.2, 0) is 14.3 Å². The van der Waals surface area contributed by atoms with Gasteiger partial charge in [-0.2, -0.15) is 0 Å². The lowest BCUT2D eigenvalue weighted by Crippen LogP contribution is -2.39. The van der Waals surface area contributed by atoms with E-state index in [1.807, 2.05) is 11.9 Å². The number of hydrogen-bond acceptors (Lipinski definition) is 3. The molecule has 0 aromatic heterocycles. The number of carbonyl (C=O) groups excluding carboxylic acids is 1. The van der Waals surface area contributed by atoms with Crippen LogP contribution in [0.3, 0.4) is 0 Å². The quantitative estimate of drug-likeness (QED) is 0.853. The predicted molar refractivity (Wildman–Crippen MR) is 74.3 cm³/mol. The van der Waals surface area contributed by atoms with Gasteiger partial charge >= 0.3 is 5.97 Å². The predicted octanol–water partition coefficient (Wildman–Crippen LogP) is 1.76. The second-order valence-corrected chi connectivity index (χ2v) is 6.16. The van der Waals surface area contributed by atoms with Crippen LogP contribution in [-0.4, -0.2) is 48.7 Å². The minimum absolute atomic E-state index is 0.0236. The van der Waals surface area contributed by atoms with Gasteiger partial charge in [0.1, 0.15) is 0 Å². The normalized spacial score (nSPS) is 28.1. The summed E-state index contributed by atoms with van der Waals surface area (Å²) in [5.41, 5.74) is 0. The smallest absolute Gasteiger partial charge is 0.306 e. The lowest BCUT2D eigenvalue weighted by molar-refractivity contribution is -0.145. The van der Waals surface area contributed by atoms with Crippen LogP contribution in [0.15, 0.2) is 0 Å². The Kier molecular flexibility index (Phi) is 5.40. The number of carboxylic acid groups (broad SMARTS) is 1. The van der Waals surface area contributed by atoms with Gasteiger partial charge in [-0.05, 0) is 44.4 Å². The number of carboxylic acids is 1. The van der Waals surface area contributed by atoms with Crippen LogP contribution < -0.4 is 0 Å². The summed E-state index contributed by atoms with van der Waals surface area (Å²) in [5.74, 6) is -0.199. The zero-order valence-electron chi connectivity index (χ0n) is 12.2. The molecule has 5 nitrogen and oxygen atoms in total. The molecule has 2 rings (SSSR count). The van der Waals surface area contributed by atoms with Gasteiger partial charge in [-0.15, -0.1) is 0 Å². The highest BCUT2D eigenvalue weighted by Gasteiger charge is 2.31. The molecular weight excluding hydrogens is 258 g/mol. The average Bonchev–Trinajstić information content (AvgIpc) is 2.47. The molecule has 20 heavy (non-hydrogen) atoms. The summed E-state index contributed by atoms with van der Waals surface area (Å²) in [5, 5.41) is 8.98. The fourth-order valence-corrected chi connectivity index (χ4v) is 3.31. The van der Waals surface area contributed by atoms with Crippen LogP contribution in [0.1, 0.15) is 38.5 Å². The van der Waals surface area contributed by atoms with Crippen LogP contribution in [0.4, 0.5) is 0 Å². The molecule has 0 unspecified atom stereocenters. The first kappa shape index (κ1) is 15.3. The van der Waals surface area contributed by atoms with Gasteiger partial charge < -0.3 is 14.7 Å². The van der Waals surface area contributed by atoms with E-state index in [9.17, 15) is 9.59 Å². The Bertz CT molecular complexity index is 344. The Hall–Kier alpha value is -1.10. The monoisotopic (exact) mass is 283 g/mol. The highest BCUT2D eigenvalue weighted by atomic mass is 16.5. The molecule has 0 radical (unpaired) electrons. The van der Waals surface area contributed by atoms with Gasteiger partial charge in [-0.3, -0.25) is 9.59 Å². The number of nitrogens with zero attached hydrogens (tertiary/aromatic N) is 1. The number of amides is 1. The van der Waals surface area contributed by atoms with Crippen molar-refractivity contribution in [3.8, 4) is 0 Å². The summed E-state index contributed by atoms with van der Waals surface area (Å²) in [6.07, 6.45) is 4.77. The highest BCUT2D eigenvalue weighted by Crippen LogP contribution is 2.30. The van der Waals surface area contributed by atoms with E-state index in [4.69, 9.17) is 9.84 Å². The topological polar surface area (TPSA) is 66.8 Å². The largest absolute Gasteiger partial charge is 0.481 e. The Balaban J connectivity index is 1.77. The summed E-state index contributed by atoms with van der Waals surface area (Å²) < 4.78 is 5.33. The Morgan fingerprint density at radius 1 is 1.05 bits per heavy atom. The molecule has 5 heteroatoms. The first-order chi connectivity index (χ1) is 9.58. The van der Waals surface area contributed by atoms with Crippen LogP contribution in [0.2, 0.25) is 0 Å². The number of rotatable bonds is 4. The Labute approximate surface area is 120 Å². The molecule has 2 fully saturated rings. The second kappa shape index (κ2) is 7.07. The Morgan fingerprint density at radius 3 is 2.15 bits per heavy atom. The van der Waals surface area contributed by atoms with E-state index in [2.05, 4.69) is 0 Å². The third-order valence-corrected chi connectivity index (χ3v) is 4.67. The average molecular weight is 283 g/mol. The van der Waals surface area contributed by atoms with Gasteiger partial charge in [-0.25, -0.2) is 0 Å². The first-order valence-corrected chi connectivity index (χ1v) is 7.63. The maximum Gasteiger partial charge on any atom is 0.306 e. The zero-order valence-corrected chi connectivity index (χ0v) is 12.2.